The first-order valence-electron chi connectivity index (χ1n) is 8.90. The highest BCUT2D eigenvalue weighted by molar-refractivity contribution is 5.83. The number of nitrogens with two attached hydrogens (primary N) is 1. The van der Waals surface area contributed by atoms with Crippen molar-refractivity contribution in [1.29, 1.82) is 0 Å². The second kappa shape index (κ2) is 7.02. The van der Waals surface area contributed by atoms with E-state index in [2.05, 4.69) is 40.1 Å². The molecule has 1 aliphatic carbocycles. The first kappa shape index (κ1) is 16.5. The van der Waals surface area contributed by atoms with Crippen LogP contribution in [-0.2, 0) is 11.3 Å². The standard InChI is InChI=1S/C19H29N3O/c1-14(2)18(20)19(23)22(16-8-9-16)17-10-11-21(13-17)12-15-6-4-3-5-7-15/h3-7,14,16-18H,8-13,20H2,1-2H3/t17?,18-/m0/s1. The van der Waals surface area contributed by atoms with Gasteiger partial charge in [-0.3, -0.25) is 9.69 Å². The Morgan fingerprint density at radius 1 is 1.22 bits per heavy atom. The highest BCUT2D eigenvalue weighted by atomic mass is 16.2. The minimum atomic E-state index is -0.362. The number of hydrogen-bond acceptors (Lipinski definition) is 3. The summed E-state index contributed by atoms with van der Waals surface area (Å²) in [6.45, 7) is 7.07. The van der Waals surface area contributed by atoms with Gasteiger partial charge in [-0.05, 0) is 30.7 Å². The number of hydrogen-bond donors (Lipinski definition) is 1. The van der Waals surface area contributed by atoms with E-state index in [9.17, 15) is 4.79 Å². The molecule has 4 heteroatoms. The Morgan fingerprint density at radius 3 is 2.52 bits per heavy atom. The molecule has 0 spiro atoms. The number of benzene rings is 1. The van der Waals surface area contributed by atoms with Crippen LogP contribution in [0.2, 0.25) is 0 Å². The molecule has 0 aromatic heterocycles. The summed E-state index contributed by atoms with van der Waals surface area (Å²) < 4.78 is 0. The molecule has 2 N–H and O–H groups in total. The van der Waals surface area contributed by atoms with Gasteiger partial charge in [0.25, 0.3) is 0 Å². The van der Waals surface area contributed by atoms with Gasteiger partial charge in [0.15, 0.2) is 0 Å². The maximum Gasteiger partial charge on any atom is 0.240 e. The van der Waals surface area contributed by atoms with Gasteiger partial charge in [0.1, 0.15) is 0 Å². The molecule has 4 nitrogen and oxygen atoms in total. The SMILES string of the molecule is CC(C)[C@H](N)C(=O)N(C1CC1)C1CCN(Cc2ccccc2)C1. The Hall–Kier alpha value is -1.39. The largest absolute Gasteiger partial charge is 0.334 e. The third-order valence-corrected chi connectivity index (χ3v) is 5.09. The van der Waals surface area contributed by atoms with Gasteiger partial charge in [-0.1, -0.05) is 44.2 Å². The van der Waals surface area contributed by atoms with Crippen molar-refractivity contribution < 1.29 is 4.79 Å². The lowest BCUT2D eigenvalue weighted by molar-refractivity contribution is -0.136. The van der Waals surface area contributed by atoms with Crippen LogP contribution in [0.15, 0.2) is 30.3 Å². The Bertz CT molecular complexity index is 527. The van der Waals surface area contributed by atoms with Gasteiger partial charge >= 0.3 is 0 Å². The van der Waals surface area contributed by atoms with Crippen LogP contribution in [0.4, 0.5) is 0 Å². The lowest BCUT2D eigenvalue weighted by Gasteiger charge is -2.32. The van der Waals surface area contributed by atoms with E-state index in [0.29, 0.717) is 12.1 Å². The van der Waals surface area contributed by atoms with E-state index in [1.807, 2.05) is 13.8 Å². The van der Waals surface area contributed by atoms with E-state index in [-0.39, 0.29) is 17.9 Å². The van der Waals surface area contributed by atoms with Crippen LogP contribution in [0.1, 0.15) is 38.7 Å². The van der Waals surface area contributed by atoms with E-state index >= 15 is 0 Å². The van der Waals surface area contributed by atoms with Crippen LogP contribution in [0.25, 0.3) is 0 Å². The lowest BCUT2D eigenvalue weighted by Crippen LogP contribution is -2.52. The van der Waals surface area contributed by atoms with Crippen molar-refractivity contribution in [1.82, 2.24) is 9.80 Å². The van der Waals surface area contributed by atoms with Crippen molar-refractivity contribution in [2.45, 2.75) is 57.8 Å². The average molecular weight is 315 g/mol. The van der Waals surface area contributed by atoms with Crippen LogP contribution in [0, 0.1) is 5.92 Å². The second-order valence-corrected chi connectivity index (χ2v) is 7.41. The third kappa shape index (κ3) is 3.93. The van der Waals surface area contributed by atoms with Gasteiger partial charge in [-0.2, -0.15) is 0 Å². The smallest absolute Gasteiger partial charge is 0.240 e. The Balaban J connectivity index is 1.62. The molecule has 23 heavy (non-hydrogen) atoms. The lowest BCUT2D eigenvalue weighted by atomic mass is 10.0. The molecule has 1 unspecified atom stereocenters. The van der Waals surface area contributed by atoms with Crippen molar-refractivity contribution in [3.05, 3.63) is 35.9 Å². The van der Waals surface area contributed by atoms with E-state index in [1.54, 1.807) is 0 Å². The van der Waals surface area contributed by atoms with Gasteiger partial charge in [0.2, 0.25) is 5.91 Å². The van der Waals surface area contributed by atoms with Crippen molar-refractivity contribution in [3.63, 3.8) is 0 Å². The minimum Gasteiger partial charge on any atom is -0.334 e. The topological polar surface area (TPSA) is 49.6 Å². The number of carbonyl (C=O) groups is 1. The maximum absolute atomic E-state index is 12.8. The molecule has 1 aliphatic heterocycles. The summed E-state index contributed by atoms with van der Waals surface area (Å²) in [5, 5.41) is 0. The van der Waals surface area contributed by atoms with E-state index in [4.69, 9.17) is 5.73 Å². The summed E-state index contributed by atoms with van der Waals surface area (Å²) in [6.07, 6.45) is 3.36. The van der Waals surface area contributed by atoms with E-state index in [1.165, 1.54) is 5.56 Å². The molecular weight excluding hydrogens is 286 g/mol. The molecule has 0 radical (unpaired) electrons. The highest BCUT2D eigenvalue weighted by Crippen LogP contribution is 2.32. The van der Waals surface area contributed by atoms with Gasteiger partial charge in [-0.15, -0.1) is 0 Å². The van der Waals surface area contributed by atoms with Crippen LogP contribution in [0.3, 0.4) is 0 Å². The molecule has 2 atom stereocenters. The Kier molecular flexibility index (Phi) is 5.02. The predicted octanol–water partition coefficient (Wildman–Crippen LogP) is 2.24. The molecular formula is C19H29N3O. The third-order valence-electron chi connectivity index (χ3n) is 5.09. The number of nitrogens with zero attached hydrogens (tertiary/aromatic N) is 2. The normalized spacial score (nSPS) is 23.2. The predicted molar refractivity (Wildman–Crippen MR) is 92.8 cm³/mol. The number of amides is 1. The van der Waals surface area contributed by atoms with E-state index < -0.39 is 0 Å². The van der Waals surface area contributed by atoms with Crippen molar-refractivity contribution in [2.24, 2.45) is 11.7 Å². The van der Waals surface area contributed by atoms with Gasteiger partial charge in [0.05, 0.1) is 6.04 Å². The number of likely N-dealkylation sites (tertiary alicyclic amines) is 1. The Labute approximate surface area is 139 Å². The zero-order chi connectivity index (χ0) is 16.4. The summed E-state index contributed by atoms with van der Waals surface area (Å²) in [5.41, 5.74) is 7.49. The average Bonchev–Trinajstić information content (AvgIpc) is 3.27. The fraction of sp³-hybridized carbons (Fsp3) is 0.632. The summed E-state index contributed by atoms with van der Waals surface area (Å²) in [4.78, 5) is 17.4. The van der Waals surface area contributed by atoms with Crippen molar-refractivity contribution in [3.8, 4) is 0 Å². The van der Waals surface area contributed by atoms with Gasteiger partial charge in [0, 0.05) is 31.7 Å². The molecule has 1 saturated heterocycles. The fourth-order valence-corrected chi connectivity index (χ4v) is 3.49. The maximum atomic E-state index is 12.8. The zero-order valence-corrected chi connectivity index (χ0v) is 14.3. The van der Waals surface area contributed by atoms with Crippen molar-refractivity contribution >= 4 is 5.91 Å². The molecule has 1 heterocycles. The summed E-state index contributed by atoms with van der Waals surface area (Å²) in [5.74, 6) is 0.361. The summed E-state index contributed by atoms with van der Waals surface area (Å²) in [6, 6.07) is 11.0. The molecule has 1 amide bonds. The molecule has 0 bridgehead atoms. The summed E-state index contributed by atoms with van der Waals surface area (Å²) >= 11 is 0. The highest BCUT2D eigenvalue weighted by Gasteiger charge is 2.41. The number of rotatable bonds is 6. The Morgan fingerprint density at radius 2 is 1.91 bits per heavy atom. The monoisotopic (exact) mass is 315 g/mol. The molecule has 2 fully saturated rings. The second-order valence-electron chi connectivity index (χ2n) is 7.41. The van der Waals surface area contributed by atoms with Crippen molar-refractivity contribution in [2.75, 3.05) is 13.1 Å². The van der Waals surface area contributed by atoms with Crippen LogP contribution in [0.5, 0.6) is 0 Å². The molecule has 1 aromatic carbocycles. The van der Waals surface area contributed by atoms with Gasteiger partial charge < -0.3 is 10.6 Å². The van der Waals surface area contributed by atoms with Crippen LogP contribution < -0.4 is 5.73 Å². The number of carbonyl (C=O) groups excluding carboxylic acids is 1. The molecule has 3 rings (SSSR count). The van der Waals surface area contributed by atoms with Crippen LogP contribution in [-0.4, -0.2) is 46.9 Å². The zero-order valence-electron chi connectivity index (χ0n) is 14.3. The molecule has 1 saturated carbocycles. The van der Waals surface area contributed by atoms with Crippen LogP contribution >= 0.6 is 0 Å². The quantitative estimate of drug-likeness (QED) is 0.876. The molecule has 126 valence electrons. The first-order valence-corrected chi connectivity index (χ1v) is 8.90. The fourth-order valence-electron chi connectivity index (χ4n) is 3.49. The summed E-state index contributed by atoms with van der Waals surface area (Å²) in [7, 11) is 0. The minimum absolute atomic E-state index is 0.161. The molecule has 1 aromatic rings. The molecule has 2 aliphatic rings. The van der Waals surface area contributed by atoms with E-state index in [0.717, 1.165) is 38.9 Å². The first-order chi connectivity index (χ1) is 11.1. The van der Waals surface area contributed by atoms with Gasteiger partial charge in [-0.25, -0.2) is 0 Å².